The summed E-state index contributed by atoms with van der Waals surface area (Å²) in [7, 11) is -3.35. The van der Waals surface area contributed by atoms with Gasteiger partial charge in [-0.15, -0.1) is 0 Å². The predicted molar refractivity (Wildman–Crippen MR) is 161 cm³/mol. The number of benzene rings is 1. The molecule has 6 atom stereocenters. The highest BCUT2D eigenvalue weighted by Crippen LogP contribution is 2.40. The van der Waals surface area contributed by atoms with E-state index in [1.807, 2.05) is 24.3 Å². The van der Waals surface area contributed by atoms with Crippen LogP contribution in [0.1, 0.15) is 68.6 Å². The summed E-state index contributed by atoms with van der Waals surface area (Å²) in [5.41, 5.74) is 8.27. The van der Waals surface area contributed by atoms with Gasteiger partial charge in [0.2, 0.25) is 10.0 Å². The van der Waals surface area contributed by atoms with E-state index in [1.54, 1.807) is 4.31 Å². The van der Waals surface area contributed by atoms with Crippen molar-refractivity contribution in [2.75, 3.05) is 25.4 Å². The number of nitrogens with two attached hydrogens (primary N) is 1. The summed E-state index contributed by atoms with van der Waals surface area (Å²) in [6.07, 6.45) is 6.38. The van der Waals surface area contributed by atoms with E-state index in [9.17, 15) is 13.2 Å². The first kappa shape index (κ1) is 31.5. The highest BCUT2D eigenvalue weighted by molar-refractivity contribution is 7.89. The highest BCUT2D eigenvalue weighted by Gasteiger charge is 2.40. The number of piperazine rings is 1. The molecule has 230 valence electrons. The first-order valence-corrected chi connectivity index (χ1v) is 16.9. The summed E-state index contributed by atoms with van der Waals surface area (Å²) >= 11 is 6.17. The van der Waals surface area contributed by atoms with Gasteiger partial charge in [-0.1, -0.05) is 23.7 Å². The van der Waals surface area contributed by atoms with Crippen molar-refractivity contribution < 1.29 is 22.3 Å². The molecule has 0 aliphatic carbocycles. The Kier molecular flexibility index (Phi) is 9.71. The van der Waals surface area contributed by atoms with Crippen LogP contribution in [0.25, 0.3) is 0 Å². The number of fused-ring (bicyclic) bond motifs is 2. The standard InChI is InChI=1S/C31H42ClFN4O4S/c1-31(2)15-21(11-12-41-31)29(20-5-7-23(32)8-6-20)30(34)28(38)14-22-16-35-18-27(33)26(22)10-9-25-17-36-24-4-3-13-42(39,40)37(25)19-24/h5-8,16,18,21,24-25,29-30,36H,3-4,9-15,17,19,34H2,1-2H3/t21?,24-,25+,29+,30-/m1/s1. The van der Waals surface area contributed by atoms with Crippen molar-refractivity contribution in [1.29, 1.82) is 0 Å². The number of nitrogens with one attached hydrogen (secondary N) is 1. The quantitative estimate of drug-likeness (QED) is 0.436. The number of Topliss-reactive ketones (excluding diaryl/α,β-unsaturated/α-hetero) is 1. The summed E-state index contributed by atoms with van der Waals surface area (Å²) in [4.78, 5) is 17.8. The molecule has 2 bridgehead atoms. The van der Waals surface area contributed by atoms with Crippen molar-refractivity contribution in [1.82, 2.24) is 14.6 Å². The molecular weight excluding hydrogens is 579 g/mol. The van der Waals surface area contributed by atoms with Gasteiger partial charge in [0.15, 0.2) is 5.78 Å². The maximum absolute atomic E-state index is 15.2. The number of hydrogen-bond donors (Lipinski definition) is 2. The molecule has 11 heteroatoms. The summed E-state index contributed by atoms with van der Waals surface area (Å²) < 4.78 is 48.5. The van der Waals surface area contributed by atoms with Crippen LogP contribution in [-0.4, -0.2) is 72.7 Å². The monoisotopic (exact) mass is 620 g/mol. The van der Waals surface area contributed by atoms with Gasteiger partial charge in [-0.2, -0.15) is 4.31 Å². The minimum atomic E-state index is -3.35. The molecule has 3 aliphatic rings. The lowest BCUT2D eigenvalue weighted by molar-refractivity contribution is -0.122. The van der Waals surface area contributed by atoms with Crippen molar-refractivity contribution >= 4 is 27.4 Å². The molecule has 3 N–H and O–H groups in total. The van der Waals surface area contributed by atoms with E-state index in [0.29, 0.717) is 55.1 Å². The maximum atomic E-state index is 15.2. The zero-order valence-corrected chi connectivity index (χ0v) is 26.0. The molecular formula is C31H42ClFN4O4S. The normalized spacial score (nSPS) is 28.4. The van der Waals surface area contributed by atoms with Crippen LogP contribution in [0, 0.1) is 11.7 Å². The highest BCUT2D eigenvalue weighted by atomic mass is 35.5. The lowest BCUT2D eigenvalue weighted by atomic mass is 9.72. The third kappa shape index (κ3) is 7.22. The van der Waals surface area contributed by atoms with Gasteiger partial charge in [0.1, 0.15) is 5.82 Å². The van der Waals surface area contributed by atoms with Gasteiger partial charge in [0.25, 0.3) is 0 Å². The molecule has 2 aromatic rings. The lowest BCUT2D eigenvalue weighted by Gasteiger charge is -2.41. The number of aromatic nitrogens is 1. The van der Waals surface area contributed by atoms with Crippen LogP contribution >= 0.6 is 11.6 Å². The zero-order valence-electron chi connectivity index (χ0n) is 24.4. The van der Waals surface area contributed by atoms with E-state index in [1.165, 1.54) is 6.20 Å². The molecule has 1 aromatic carbocycles. The third-order valence-electron chi connectivity index (χ3n) is 9.20. The molecule has 0 saturated carbocycles. The number of rotatable bonds is 9. The first-order chi connectivity index (χ1) is 19.9. The Bertz CT molecular complexity index is 1370. The minimum absolute atomic E-state index is 0.0506. The van der Waals surface area contributed by atoms with Gasteiger partial charge in [-0.3, -0.25) is 9.78 Å². The Morgan fingerprint density at radius 1 is 1.26 bits per heavy atom. The smallest absolute Gasteiger partial charge is 0.214 e. The van der Waals surface area contributed by atoms with Crippen molar-refractivity contribution in [3.05, 3.63) is 64.2 Å². The molecule has 3 saturated heterocycles. The second kappa shape index (κ2) is 13.0. The molecule has 0 spiro atoms. The molecule has 5 rings (SSSR count). The van der Waals surface area contributed by atoms with Crippen LogP contribution in [0.3, 0.4) is 0 Å². The van der Waals surface area contributed by atoms with Crippen LogP contribution < -0.4 is 11.1 Å². The average Bonchev–Trinajstić information content (AvgIpc) is 3.05. The van der Waals surface area contributed by atoms with Gasteiger partial charge < -0.3 is 15.8 Å². The Morgan fingerprint density at radius 3 is 2.76 bits per heavy atom. The van der Waals surface area contributed by atoms with Crippen molar-refractivity contribution in [2.45, 2.75) is 88.4 Å². The second-order valence-electron chi connectivity index (χ2n) is 12.7. The Balaban J connectivity index is 1.34. The van der Waals surface area contributed by atoms with Crippen LogP contribution in [0.2, 0.25) is 5.02 Å². The topological polar surface area (TPSA) is 115 Å². The third-order valence-corrected chi connectivity index (χ3v) is 11.4. The van der Waals surface area contributed by atoms with E-state index in [4.69, 9.17) is 22.1 Å². The lowest BCUT2D eigenvalue weighted by Crippen LogP contribution is -2.57. The van der Waals surface area contributed by atoms with E-state index in [2.05, 4.69) is 24.1 Å². The Hall–Kier alpha value is -1.95. The number of ether oxygens (including phenoxy) is 1. The number of ketones is 1. The molecule has 3 fully saturated rings. The van der Waals surface area contributed by atoms with Gasteiger partial charge in [-0.05, 0) is 87.1 Å². The number of nitrogens with zero attached hydrogens (tertiary/aromatic N) is 2. The molecule has 2 unspecified atom stereocenters. The number of pyridine rings is 1. The summed E-state index contributed by atoms with van der Waals surface area (Å²) in [6, 6.07) is 6.55. The minimum Gasteiger partial charge on any atom is -0.376 e. The molecule has 42 heavy (non-hydrogen) atoms. The molecule has 1 aromatic heterocycles. The largest absolute Gasteiger partial charge is 0.376 e. The van der Waals surface area contributed by atoms with Gasteiger partial charge in [0, 0.05) is 55.3 Å². The Morgan fingerprint density at radius 2 is 2.02 bits per heavy atom. The second-order valence-corrected chi connectivity index (χ2v) is 15.2. The number of halogens is 2. The molecule has 8 nitrogen and oxygen atoms in total. The number of sulfonamides is 1. The SMILES string of the molecule is CC1(C)CC([C@H](c2ccc(Cl)cc2)[C@H](N)C(=O)Cc2cncc(F)c2CC[C@H]2CN[C@@H]3CCCS(=O)(=O)N2C3)CCO1. The maximum Gasteiger partial charge on any atom is 0.214 e. The fraction of sp³-hybridized carbons (Fsp3) is 0.613. The van der Waals surface area contributed by atoms with E-state index in [0.717, 1.165) is 31.0 Å². The average molecular weight is 621 g/mol. The molecule has 0 amide bonds. The fourth-order valence-electron chi connectivity index (χ4n) is 7.04. The van der Waals surface area contributed by atoms with E-state index in [-0.39, 0.29) is 47.5 Å². The number of carbonyl (C=O) groups excluding carboxylic acids is 1. The van der Waals surface area contributed by atoms with Crippen LogP contribution in [-0.2, 0) is 32.4 Å². The molecule has 3 aliphatic heterocycles. The fourth-order valence-corrected chi connectivity index (χ4v) is 8.97. The van der Waals surface area contributed by atoms with Crippen molar-refractivity contribution in [3.63, 3.8) is 0 Å². The van der Waals surface area contributed by atoms with Crippen molar-refractivity contribution in [2.24, 2.45) is 11.7 Å². The van der Waals surface area contributed by atoms with Gasteiger partial charge in [0.05, 0.1) is 23.6 Å². The predicted octanol–water partition coefficient (Wildman–Crippen LogP) is 4.00. The van der Waals surface area contributed by atoms with Gasteiger partial charge in [-0.25, -0.2) is 12.8 Å². The van der Waals surface area contributed by atoms with E-state index < -0.39 is 21.9 Å². The van der Waals surface area contributed by atoms with Gasteiger partial charge >= 0.3 is 0 Å². The number of carbonyl (C=O) groups is 1. The number of hydrogen-bond acceptors (Lipinski definition) is 7. The van der Waals surface area contributed by atoms with Crippen LogP contribution in [0.15, 0.2) is 36.7 Å². The summed E-state index contributed by atoms with van der Waals surface area (Å²) in [5, 5.41) is 4.07. The van der Waals surface area contributed by atoms with Crippen LogP contribution in [0.5, 0.6) is 0 Å². The Labute approximate surface area is 253 Å². The summed E-state index contributed by atoms with van der Waals surface area (Å²) in [6.45, 7) is 5.66. The molecule has 0 radical (unpaired) electrons. The van der Waals surface area contributed by atoms with E-state index >= 15 is 4.39 Å². The zero-order chi connectivity index (χ0) is 30.1. The summed E-state index contributed by atoms with van der Waals surface area (Å²) in [5.74, 6) is -0.670. The van der Waals surface area contributed by atoms with Crippen molar-refractivity contribution in [3.8, 4) is 0 Å². The molecule has 4 heterocycles. The van der Waals surface area contributed by atoms with Crippen LogP contribution in [0.4, 0.5) is 4.39 Å². The first-order valence-electron chi connectivity index (χ1n) is 15.0.